The molecule has 0 saturated heterocycles. The predicted octanol–water partition coefficient (Wildman–Crippen LogP) is 3.33. The number of benzene rings is 1. The molecule has 0 atom stereocenters. The second-order valence-electron chi connectivity index (χ2n) is 4.59. The minimum atomic E-state index is -4.47. The van der Waals surface area contributed by atoms with Crippen LogP contribution in [0.2, 0.25) is 0 Å². The summed E-state index contributed by atoms with van der Waals surface area (Å²) in [5, 5.41) is 9.40. The molecule has 0 radical (unpaired) electrons. The predicted molar refractivity (Wildman–Crippen MR) is 73.7 cm³/mol. The van der Waals surface area contributed by atoms with Gasteiger partial charge in [0.05, 0.1) is 19.9 Å². The molecular formula is C15H13F4NO3. The van der Waals surface area contributed by atoms with E-state index >= 15 is 0 Å². The first kappa shape index (κ1) is 17.0. The van der Waals surface area contributed by atoms with E-state index in [0.717, 1.165) is 6.20 Å². The lowest BCUT2D eigenvalue weighted by molar-refractivity contribution is -0.153. The van der Waals surface area contributed by atoms with Gasteiger partial charge in [0.15, 0.2) is 6.61 Å². The topological polar surface area (TPSA) is 51.6 Å². The van der Waals surface area contributed by atoms with E-state index in [2.05, 4.69) is 9.72 Å². The minimum absolute atomic E-state index is 0.0726. The van der Waals surface area contributed by atoms with Gasteiger partial charge in [-0.15, -0.1) is 0 Å². The largest absolute Gasteiger partial charge is 0.484 e. The number of aliphatic hydroxyl groups excluding tert-OH is 1. The molecule has 0 aliphatic carbocycles. The third-order valence-electron chi connectivity index (χ3n) is 2.98. The second-order valence-corrected chi connectivity index (χ2v) is 4.59. The van der Waals surface area contributed by atoms with Crippen LogP contribution in [-0.2, 0) is 6.61 Å². The number of halogens is 4. The van der Waals surface area contributed by atoms with Crippen LogP contribution in [0.5, 0.6) is 11.6 Å². The molecule has 1 heterocycles. The van der Waals surface area contributed by atoms with Crippen LogP contribution in [-0.4, -0.2) is 30.0 Å². The maximum atomic E-state index is 13.9. The molecule has 0 aliphatic heterocycles. The number of alkyl halides is 3. The Bertz CT molecular complexity index is 689. The van der Waals surface area contributed by atoms with Gasteiger partial charge >= 0.3 is 6.18 Å². The van der Waals surface area contributed by atoms with Crippen molar-refractivity contribution in [2.24, 2.45) is 0 Å². The van der Waals surface area contributed by atoms with E-state index < -0.39 is 25.2 Å². The maximum Gasteiger partial charge on any atom is 0.422 e. The first-order chi connectivity index (χ1) is 10.8. The van der Waals surface area contributed by atoms with Crippen molar-refractivity contribution in [1.29, 1.82) is 0 Å². The molecule has 8 heteroatoms. The average Bonchev–Trinajstić information content (AvgIpc) is 2.52. The van der Waals surface area contributed by atoms with Crippen molar-refractivity contribution in [2.75, 3.05) is 13.7 Å². The van der Waals surface area contributed by atoms with Crippen LogP contribution < -0.4 is 9.47 Å². The lowest BCUT2D eigenvalue weighted by Crippen LogP contribution is -2.19. The normalized spacial score (nSPS) is 11.4. The molecule has 2 rings (SSSR count). The number of aliphatic hydroxyl groups is 1. The summed E-state index contributed by atoms with van der Waals surface area (Å²) in [4.78, 5) is 3.70. The zero-order valence-corrected chi connectivity index (χ0v) is 12.0. The summed E-state index contributed by atoms with van der Waals surface area (Å²) in [6, 6.07) is 5.20. The Morgan fingerprint density at radius 2 is 1.91 bits per heavy atom. The van der Waals surface area contributed by atoms with E-state index in [4.69, 9.17) is 4.74 Å². The van der Waals surface area contributed by atoms with Gasteiger partial charge in [0.1, 0.15) is 11.6 Å². The SMILES string of the molecule is COc1cc(-c2ccc(OCC(F)(F)F)cc2CO)c(F)cn1. The van der Waals surface area contributed by atoms with Crippen LogP contribution in [0.1, 0.15) is 5.56 Å². The Hall–Kier alpha value is -2.35. The number of hydrogen-bond acceptors (Lipinski definition) is 4. The monoisotopic (exact) mass is 331 g/mol. The van der Waals surface area contributed by atoms with Gasteiger partial charge in [-0.25, -0.2) is 9.37 Å². The Morgan fingerprint density at radius 3 is 2.52 bits per heavy atom. The summed E-state index contributed by atoms with van der Waals surface area (Å²) < 4.78 is 59.9. The molecule has 1 aromatic heterocycles. The molecule has 0 amide bonds. The average molecular weight is 331 g/mol. The Morgan fingerprint density at radius 1 is 1.17 bits per heavy atom. The van der Waals surface area contributed by atoms with Gasteiger partial charge in [-0.05, 0) is 23.3 Å². The highest BCUT2D eigenvalue weighted by molar-refractivity contribution is 5.69. The lowest BCUT2D eigenvalue weighted by Gasteiger charge is -2.13. The van der Waals surface area contributed by atoms with Gasteiger partial charge in [0, 0.05) is 11.6 Å². The van der Waals surface area contributed by atoms with Crippen molar-refractivity contribution in [2.45, 2.75) is 12.8 Å². The number of rotatable bonds is 5. The first-order valence-electron chi connectivity index (χ1n) is 6.47. The molecule has 124 valence electrons. The summed E-state index contributed by atoms with van der Waals surface area (Å²) in [5.74, 6) is -0.552. The van der Waals surface area contributed by atoms with E-state index in [-0.39, 0.29) is 22.8 Å². The lowest BCUT2D eigenvalue weighted by atomic mass is 10.00. The Kier molecular flexibility index (Phi) is 5.05. The quantitative estimate of drug-likeness (QED) is 0.854. The van der Waals surface area contributed by atoms with E-state index in [1.165, 1.54) is 31.4 Å². The van der Waals surface area contributed by atoms with E-state index in [1.54, 1.807) is 0 Å². The van der Waals surface area contributed by atoms with Crippen LogP contribution >= 0.6 is 0 Å². The van der Waals surface area contributed by atoms with Crippen molar-refractivity contribution >= 4 is 0 Å². The number of methoxy groups -OCH3 is 1. The van der Waals surface area contributed by atoms with Gasteiger partial charge in [-0.2, -0.15) is 13.2 Å². The van der Waals surface area contributed by atoms with Gasteiger partial charge in [-0.1, -0.05) is 6.07 Å². The zero-order chi connectivity index (χ0) is 17.0. The maximum absolute atomic E-state index is 13.9. The summed E-state index contributed by atoms with van der Waals surface area (Å²) in [7, 11) is 1.37. The molecule has 0 fully saturated rings. The smallest absolute Gasteiger partial charge is 0.422 e. The molecule has 4 nitrogen and oxygen atoms in total. The third-order valence-corrected chi connectivity index (χ3v) is 2.98. The molecule has 0 spiro atoms. The number of ether oxygens (including phenoxy) is 2. The van der Waals surface area contributed by atoms with Gasteiger partial charge in [0.25, 0.3) is 0 Å². The van der Waals surface area contributed by atoms with Gasteiger partial charge in [-0.3, -0.25) is 0 Å². The molecule has 2 aromatic rings. The van der Waals surface area contributed by atoms with Crippen LogP contribution in [0.15, 0.2) is 30.5 Å². The fraction of sp³-hybridized carbons (Fsp3) is 0.267. The van der Waals surface area contributed by atoms with E-state index in [1.807, 2.05) is 0 Å². The first-order valence-corrected chi connectivity index (χ1v) is 6.47. The minimum Gasteiger partial charge on any atom is -0.484 e. The van der Waals surface area contributed by atoms with E-state index in [9.17, 15) is 22.7 Å². The number of nitrogens with zero attached hydrogens (tertiary/aromatic N) is 1. The zero-order valence-electron chi connectivity index (χ0n) is 12.0. The van der Waals surface area contributed by atoms with E-state index in [0.29, 0.717) is 5.56 Å². The standard InChI is InChI=1S/C15H13F4NO3/c1-22-14-5-12(13(16)6-20-14)11-3-2-10(4-9(11)7-21)23-8-15(17,18)19/h2-6,21H,7-8H2,1H3. The molecule has 1 aromatic carbocycles. The fourth-order valence-corrected chi connectivity index (χ4v) is 1.96. The highest BCUT2D eigenvalue weighted by atomic mass is 19.4. The molecule has 23 heavy (non-hydrogen) atoms. The fourth-order valence-electron chi connectivity index (χ4n) is 1.96. The van der Waals surface area contributed by atoms with Crippen LogP contribution in [0.25, 0.3) is 11.1 Å². The molecular weight excluding hydrogens is 318 g/mol. The summed E-state index contributed by atoms with van der Waals surface area (Å²) >= 11 is 0. The summed E-state index contributed by atoms with van der Waals surface area (Å²) in [6.45, 7) is -1.95. The van der Waals surface area contributed by atoms with Crippen molar-refractivity contribution in [3.63, 3.8) is 0 Å². The molecule has 0 aliphatic rings. The van der Waals surface area contributed by atoms with Crippen molar-refractivity contribution in [1.82, 2.24) is 4.98 Å². The molecule has 1 N–H and O–H groups in total. The van der Waals surface area contributed by atoms with Crippen LogP contribution in [0.3, 0.4) is 0 Å². The summed E-state index contributed by atoms with van der Waals surface area (Å²) in [6.07, 6.45) is -3.51. The van der Waals surface area contributed by atoms with Crippen molar-refractivity contribution in [3.8, 4) is 22.8 Å². The highest BCUT2D eigenvalue weighted by Gasteiger charge is 2.28. The Balaban J connectivity index is 2.37. The van der Waals surface area contributed by atoms with Crippen molar-refractivity contribution < 1.29 is 32.1 Å². The Labute approximate surface area is 129 Å². The second kappa shape index (κ2) is 6.82. The number of pyridine rings is 1. The van der Waals surface area contributed by atoms with Crippen LogP contribution in [0, 0.1) is 5.82 Å². The van der Waals surface area contributed by atoms with Crippen LogP contribution in [0.4, 0.5) is 17.6 Å². The highest BCUT2D eigenvalue weighted by Crippen LogP contribution is 2.31. The van der Waals surface area contributed by atoms with Crippen molar-refractivity contribution in [3.05, 3.63) is 41.8 Å². The third kappa shape index (κ3) is 4.32. The molecule has 0 unspecified atom stereocenters. The molecule has 0 bridgehead atoms. The summed E-state index contributed by atoms with van der Waals surface area (Å²) in [5.41, 5.74) is 0.644. The van der Waals surface area contributed by atoms with Gasteiger partial charge in [0.2, 0.25) is 5.88 Å². The number of hydrogen-bond donors (Lipinski definition) is 1. The molecule has 0 saturated carbocycles. The van der Waals surface area contributed by atoms with Gasteiger partial charge < -0.3 is 14.6 Å². The number of aromatic nitrogens is 1.